The summed E-state index contributed by atoms with van der Waals surface area (Å²) in [5, 5.41) is 5.06. The number of benzene rings is 2. The van der Waals surface area contributed by atoms with Gasteiger partial charge in [0.25, 0.3) is 11.8 Å². The fourth-order valence-corrected chi connectivity index (χ4v) is 5.04. The molecular formula is C22H25N3O6S. The van der Waals surface area contributed by atoms with E-state index in [0.717, 1.165) is 9.87 Å². The first kappa shape index (κ1) is 23.4. The van der Waals surface area contributed by atoms with Crippen LogP contribution < -0.4 is 10.6 Å². The van der Waals surface area contributed by atoms with Crippen LogP contribution in [0.4, 0.5) is 5.69 Å². The van der Waals surface area contributed by atoms with Gasteiger partial charge in [0.15, 0.2) is 6.61 Å². The number of esters is 1. The summed E-state index contributed by atoms with van der Waals surface area (Å²) in [6.07, 6.45) is 0.848. The summed E-state index contributed by atoms with van der Waals surface area (Å²) in [5.41, 5.74) is 1.80. The third kappa shape index (κ3) is 5.32. The average molecular weight is 460 g/mol. The average Bonchev–Trinajstić information content (AvgIpc) is 3.29. The number of nitrogens with zero attached hydrogens (tertiary/aromatic N) is 1. The molecule has 2 aromatic rings. The maximum atomic E-state index is 12.9. The predicted molar refractivity (Wildman–Crippen MR) is 118 cm³/mol. The van der Waals surface area contributed by atoms with E-state index < -0.39 is 34.5 Å². The molecule has 3 rings (SSSR count). The molecule has 0 saturated carbocycles. The Morgan fingerprint density at radius 2 is 1.72 bits per heavy atom. The van der Waals surface area contributed by atoms with Gasteiger partial charge in [-0.05, 0) is 56.2 Å². The molecule has 32 heavy (non-hydrogen) atoms. The quantitative estimate of drug-likeness (QED) is 0.608. The van der Waals surface area contributed by atoms with Crippen molar-refractivity contribution in [3.8, 4) is 0 Å². The number of hydrogen-bond donors (Lipinski definition) is 2. The van der Waals surface area contributed by atoms with Crippen molar-refractivity contribution in [2.24, 2.45) is 0 Å². The Hall–Kier alpha value is -3.24. The van der Waals surface area contributed by atoms with Crippen molar-refractivity contribution in [3.63, 3.8) is 0 Å². The first-order valence-corrected chi connectivity index (χ1v) is 11.5. The number of carbonyl (C=O) groups is 3. The lowest BCUT2D eigenvalue weighted by Gasteiger charge is -2.22. The number of ether oxygens (including phenoxy) is 1. The smallest absolute Gasteiger partial charge is 0.324 e. The van der Waals surface area contributed by atoms with E-state index in [0.29, 0.717) is 24.1 Å². The molecule has 1 heterocycles. The van der Waals surface area contributed by atoms with E-state index in [1.165, 1.54) is 19.2 Å². The summed E-state index contributed by atoms with van der Waals surface area (Å²) in [7, 11) is -2.33. The van der Waals surface area contributed by atoms with Gasteiger partial charge in [-0.1, -0.05) is 17.7 Å². The summed E-state index contributed by atoms with van der Waals surface area (Å²) in [5.74, 6) is -1.58. The molecule has 1 saturated heterocycles. The summed E-state index contributed by atoms with van der Waals surface area (Å²) in [4.78, 5) is 36.3. The van der Waals surface area contributed by atoms with Gasteiger partial charge in [0.05, 0.1) is 4.90 Å². The molecule has 0 aromatic heterocycles. The standard InChI is InChI=1S/C22H25N3O6S/c1-15-5-11-18(12-6-15)32(29,30)25-13-3-4-19(25)22(28)31-14-20(26)24-17-9-7-16(8-10-17)21(27)23-2/h5-12,19H,3-4,13-14H2,1-2H3,(H,23,27)(H,24,26)/t19-/m0/s1. The Bertz CT molecular complexity index is 1100. The van der Waals surface area contributed by atoms with Crippen molar-refractivity contribution < 1.29 is 27.5 Å². The van der Waals surface area contributed by atoms with Crippen LogP contribution in [0.3, 0.4) is 0 Å². The van der Waals surface area contributed by atoms with Crippen LogP contribution in [0.1, 0.15) is 28.8 Å². The van der Waals surface area contributed by atoms with E-state index in [1.54, 1.807) is 36.4 Å². The number of anilines is 1. The molecule has 1 aliphatic heterocycles. The fraction of sp³-hybridized carbons (Fsp3) is 0.318. The Morgan fingerprint density at radius 3 is 2.34 bits per heavy atom. The Kier molecular flexibility index (Phi) is 7.26. The van der Waals surface area contributed by atoms with Crippen molar-refractivity contribution in [2.45, 2.75) is 30.7 Å². The molecule has 0 radical (unpaired) electrons. The number of amides is 2. The lowest BCUT2D eigenvalue weighted by molar-refractivity contribution is -0.150. The van der Waals surface area contributed by atoms with Crippen LogP contribution in [-0.2, 0) is 24.3 Å². The molecule has 0 bridgehead atoms. The van der Waals surface area contributed by atoms with Crippen molar-refractivity contribution in [2.75, 3.05) is 25.5 Å². The van der Waals surface area contributed by atoms with Crippen LogP contribution in [0.5, 0.6) is 0 Å². The minimum atomic E-state index is -3.85. The maximum Gasteiger partial charge on any atom is 0.324 e. The van der Waals surface area contributed by atoms with E-state index in [1.807, 2.05) is 6.92 Å². The minimum Gasteiger partial charge on any atom is -0.454 e. The van der Waals surface area contributed by atoms with Crippen LogP contribution in [0.25, 0.3) is 0 Å². The fourth-order valence-electron chi connectivity index (χ4n) is 3.39. The minimum absolute atomic E-state index is 0.112. The SMILES string of the molecule is CNC(=O)c1ccc(NC(=O)COC(=O)[C@@H]2CCCN2S(=O)(=O)c2ccc(C)cc2)cc1. The van der Waals surface area contributed by atoms with E-state index in [2.05, 4.69) is 10.6 Å². The summed E-state index contributed by atoms with van der Waals surface area (Å²) in [6.45, 7) is 1.51. The van der Waals surface area contributed by atoms with Gasteiger partial charge >= 0.3 is 5.97 Å². The van der Waals surface area contributed by atoms with E-state index >= 15 is 0 Å². The van der Waals surface area contributed by atoms with Crippen LogP contribution in [0.15, 0.2) is 53.4 Å². The van der Waals surface area contributed by atoms with Gasteiger partial charge in [-0.2, -0.15) is 4.31 Å². The second-order valence-corrected chi connectivity index (χ2v) is 9.29. The molecule has 0 unspecified atom stereocenters. The number of nitrogens with one attached hydrogen (secondary N) is 2. The predicted octanol–water partition coefficient (Wildman–Crippen LogP) is 1.69. The van der Waals surface area contributed by atoms with Gasteiger partial charge in [-0.3, -0.25) is 14.4 Å². The van der Waals surface area contributed by atoms with Gasteiger partial charge < -0.3 is 15.4 Å². The monoisotopic (exact) mass is 459 g/mol. The zero-order valence-corrected chi connectivity index (χ0v) is 18.6. The highest BCUT2D eigenvalue weighted by Gasteiger charge is 2.40. The molecule has 1 fully saturated rings. The molecule has 2 N–H and O–H groups in total. The third-order valence-electron chi connectivity index (χ3n) is 5.11. The van der Waals surface area contributed by atoms with E-state index in [-0.39, 0.29) is 17.3 Å². The summed E-state index contributed by atoms with van der Waals surface area (Å²) < 4.78 is 32.1. The lowest BCUT2D eigenvalue weighted by atomic mass is 10.2. The number of carbonyl (C=O) groups excluding carboxylic acids is 3. The van der Waals surface area contributed by atoms with Gasteiger partial charge in [-0.25, -0.2) is 8.42 Å². The highest BCUT2D eigenvalue weighted by molar-refractivity contribution is 7.89. The Morgan fingerprint density at radius 1 is 1.06 bits per heavy atom. The molecule has 0 aliphatic carbocycles. The first-order chi connectivity index (χ1) is 15.2. The zero-order chi connectivity index (χ0) is 23.3. The first-order valence-electron chi connectivity index (χ1n) is 10.1. The summed E-state index contributed by atoms with van der Waals surface area (Å²) in [6, 6.07) is 11.6. The van der Waals surface area contributed by atoms with Gasteiger partial charge in [0, 0.05) is 24.8 Å². The highest BCUT2D eigenvalue weighted by atomic mass is 32.2. The second kappa shape index (κ2) is 9.92. The van der Waals surface area contributed by atoms with Gasteiger partial charge in [0.2, 0.25) is 10.0 Å². The van der Waals surface area contributed by atoms with Crippen LogP contribution in [-0.4, -0.2) is 56.7 Å². The molecular weight excluding hydrogens is 434 g/mol. The van der Waals surface area contributed by atoms with Crippen molar-refractivity contribution >= 4 is 33.5 Å². The molecule has 9 nitrogen and oxygen atoms in total. The number of aryl methyl sites for hydroxylation is 1. The molecule has 1 atom stereocenters. The van der Waals surface area contributed by atoms with Crippen LogP contribution in [0.2, 0.25) is 0 Å². The number of rotatable bonds is 7. The molecule has 1 aliphatic rings. The van der Waals surface area contributed by atoms with Crippen molar-refractivity contribution in [3.05, 3.63) is 59.7 Å². The molecule has 10 heteroatoms. The molecule has 2 amide bonds. The highest BCUT2D eigenvalue weighted by Crippen LogP contribution is 2.27. The van der Waals surface area contributed by atoms with E-state index in [9.17, 15) is 22.8 Å². The van der Waals surface area contributed by atoms with Crippen LogP contribution >= 0.6 is 0 Å². The lowest BCUT2D eigenvalue weighted by Crippen LogP contribution is -2.42. The molecule has 0 spiro atoms. The zero-order valence-electron chi connectivity index (χ0n) is 17.8. The van der Waals surface area contributed by atoms with Crippen LogP contribution in [0, 0.1) is 6.92 Å². The Balaban J connectivity index is 1.58. The topological polar surface area (TPSA) is 122 Å². The van der Waals surface area contributed by atoms with Gasteiger partial charge in [0.1, 0.15) is 6.04 Å². The maximum absolute atomic E-state index is 12.9. The van der Waals surface area contributed by atoms with Gasteiger partial charge in [-0.15, -0.1) is 0 Å². The van der Waals surface area contributed by atoms with Crippen molar-refractivity contribution in [1.82, 2.24) is 9.62 Å². The molecule has 2 aromatic carbocycles. The second-order valence-electron chi connectivity index (χ2n) is 7.40. The normalized spacial score (nSPS) is 16.4. The Labute approximate surface area is 186 Å². The van der Waals surface area contributed by atoms with E-state index in [4.69, 9.17) is 4.74 Å². The third-order valence-corrected chi connectivity index (χ3v) is 7.03. The molecule has 170 valence electrons. The number of sulfonamides is 1. The largest absolute Gasteiger partial charge is 0.454 e. The summed E-state index contributed by atoms with van der Waals surface area (Å²) >= 11 is 0. The number of hydrogen-bond acceptors (Lipinski definition) is 6. The van der Waals surface area contributed by atoms with Crippen molar-refractivity contribution in [1.29, 1.82) is 0 Å².